The highest BCUT2D eigenvalue weighted by atomic mass is 19.1. The molecule has 0 amide bonds. The molecule has 0 aliphatic carbocycles. The van der Waals surface area contributed by atoms with Crippen molar-refractivity contribution in [1.29, 1.82) is 0 Å². The van der Waals surface area contributed by atoms with Crippen LogP contribution in [0.15, 0.2) is 47.7 Å². The Bertz CT molecular complexity index is 828. The number of anilines is 1. The summed E-state index contributed by atoms with van der Waals surface area (Å²) in [6.45, 7) is 11.0. The molecule has 1 aliphatic heterocycles. The van der Waals surface area contributed by atoms with Crippen molar-refractivity contribution in [3.05, 3.63) is 48.5 Å². The summed E-state index contributed by atoms with van der Waals surface area (Å²) in [5.74, 6) is 1.80. The molecule has 1 saturated heterocycles. The van der Waals surface area contributed by atoms with Gasteiger partial charge < -0.3 is 20.3 Å². The lowest BCUT2D eigenvalue weighted by Crippen LogP contribution is -2.47. The SMILES string of the molecule is CCNC(=NCC(C)Oc1cccc(F)c1)NCCCN1CCN(c2ncccn2)CC1. The van der Waals surface area contributed by atoms with Crippen LogP contribution in [-0.2, 0) is 0 Å². The molecule has 3 rings (SSSR count). The Hall–Kier alpha value is -2.94. The minimum Gasteiger partial charge on any atom is -0.489 e. The second-order valence-electron chi connectivity index (χ2n) is 7.76. The first kappa shape index (κ1) is 23.7. The molecule has 1 aliphatic rings. The Morgan fingerprint density at radius 1 is 1.16 bits per heavy atom. The largest absolute Gasteiger partial charge is 0.489 e. The molecule has 1 aromatic carbocycles. The molecule has 9 heteroatoms. The van der Waals surface area contributed by atoms with Crippen molar-refractivity contribution in [2.75, 3.05) is 57.3 Å². The Balaban J connectivity index is 1.34. The first-order chi connectivity index (χ1) is 15.6. The van der Waals surface area contributed by atoms with Crippen molar-refractivity contribution in [2.24, 2.45) is 4.99 Å². The van der Waals surface area contributed by atoms with E-state index >= 15 is 0 Å². The average molecular weight is 444 g/mol. The molecule has 32 heavy (non-hydrogen) atoms. The van der Waals surface area contributed by atoms with Gasteiger partial charge in [0.1, 0.15) is 17.7 Å². The monoisotopic (exact) mass is 443 g/mol. The van der Waals surface area contributed by atoms with E-state index in [-0.39, 0.29) is 11.9 Å². The van der Waals surface area contributed by atoms with E-state index in [9.17, 15) is 4.39 Å². The second kappa shape index (κ2) is 12.8. The average Bonchev–Trinajstić information content (AvgIpc) is 2.81. The number of hydrogen-bond acceptors (Lipinski definition) is 6. The molecular weight excluding hydrogens is 409 g/mol. The normalized spacial score (nSPS) is 16.0. The molecule has 174 valence electrons. The lowest BCUT2D eigenvalue weighted by molar-refractivity contribution is 0.229. The molecule has 1 fully saturated rings. The number of aliphatic imine (C=N–C) groups is 1. The van der Waals surface area contributed by atoms with Crippen LogP contribution in [0.3, 0.4) is 0 Å². The van der Waals surface area contributed by atoms with Gasteiger partial charge in [0, 0.05) is 57.7 Å². The molecule has 8 nitrogen and oxygen atoms in total. The molecule has 0 bridgehead atoms. The minimum atomic E-state index is -0.303. The maximum absolute atomic E-state index is 13.3. The van der Waals surface area contributed by atoms with Crippen molar-refractivity contribution < 1.29 is 9.13 Å². The number of guanidine groups is 1. The topological polar surface area (TPSA) is 77.9 Å². The quantitative estimate of drug-likeness (QED) is 0.331. The molecule has 2 N–H and O–H groups in total. The van der Waals surface area contributed by atoms with Crippen molar-refractivity contribution >= 4 is 11.9 Å². The van der Waals surface area contributed by atoms with Gasteiger partial charge in [-0.05, 0) is 45.0 Å². The zero-order valence-electron chi connectivity index (χ0n) is 19.0. The molecule has 0 radical (unpaired) electrons. The van der Waals surface area contributed by atoms with Gasteiger partial charge in [-0.2, -0.15) is 0 Å². The first-order valence-electron chi connectivity index (χ1n) is 11.3. The number of hydrogen-bond donors (Lipinski definition) is 2. The lowest BCUT2D eigenvalue weighted by Gasteiger charge is -2.34. The number of halogens is 1. The summed E-state index contributed by atoms with van der Waals surface area (Å²) in [5, 5.41) is 6.65. The second-order valence-corrected chi connectivity index (χ2v) is 7.76. The highest BCUT2D eigenvalue weighted by molar-refractivity contribution is 5.79. The fraction of sp³-hybridized carbons (Fsp3) is 0.522. The summed E-state index contributed by atoms with van der Waals surface area (Å²) < 4.78 is 19.0. The summed E-state index contributed by atoms with van der Waals surface area (Å²) in [6.07, 6.45) is 4.45. The summed E-state index contributed by atoms with van der Waals surface area (Å²) in [7, 11) is 0. The van der Waals surface area contributed by atoms with Crippen LogP contribution in [0.4, 0.5) is 10.3 Å². The summed E-state index contributed by atoms with van der Waals surface area (Å²) in [5.41, 5.74) is 0. The van der Waals surface area contributed by atoms with Gasteiger partial charge in [-0.3, -0.25) is 4.90 Å². The zero-order valence-corrected chi connectivity index (χ0v) is 19.0. The van der Waals surface area contributed by atoms with Gasteiger partial charge in [-0.15, -0.1) is 0 Å². The fourth-order valence-electron chi connectivity index (χ4n) is 3.51. The third-order valence-electron chi connectivity index (χ3n) is 5.13. The Kier molecular flexibility index (Phi) is 9.49. The van der Waals surface area contributed by atoms with Crippen LogP contribution in [0, 0.1) is 5.82 Å². The number of piperazine rings is 1. The van der Waals surface area contributed by atoms with Crippen LogP contribution in [0.1, 0.15) is 20.3 Å². The number of ether oxygens (including phenoxy) is 1. The Morgan fingerprint density at radius 3 is 2.66 bits per heavy atom. The van der Waals surface area contributed by atoms with Gasteiger partial charge in [0.25, 0.3) is 0 Å². The van der Waals surface area contributed by atoms with E-state index in [0.29, 0.717) is 12.3 Å². The Labute approximate surface area is 189 Å². The number of nitrogens with one attached hydrogen (secondary N) is 2. The summed E-state index contributed by atoms with van der Waals surface area (Å²) in [4.78, 5) is 18.0. The predicted octanol–water partition coefficient (Wildman–Crippen LogP) is 2.15. The number of nitrogens with zero attached hydrogens (tertiary/aromatic N) is 5. The van der Waals surface area contributed by atoms with Gasteiger partial charge >= 0.3 is 0 Å². The maximum Gasteiger partial charge on any atom is 0.225 e. The van der Waals surface area contributed by atoms with Crippen LogP contribution in [0.25, 0.3) is 0 Å². The van der Waals surface area contributed by atoms with Gasteiger partial charge in [0.15, 0.2) is 5.96 Å². The molecule has 2 aromatic rings. The molecule has 2 heterocycles. The van der Waals surface area contributed by atoms with E-state index in [4.69, 9.17) is 4.74 Å². The van der Waals surface area contributed by atoms with Crippen LogP contribution < -0.4 is 20.3 Å². The minimum absolute atomic E-state index is 0.155. The van der Waals surface area contributed by atoms with Gasteiger partial charge in [0.05, 0.1) is 6.54 Å². The third kappa shape index (κ3) is 7.96. The van der Waals surface area contributed by atoms with Crippen LogP contribution in [0.5, 0.6) is 5.75 Å². The smallest absolute Gasteiger partial charge is 0.225 e. The van der Waals surface area contributed by atoms with E-state index in [2.05, 4.69) is 35.4 Å². The molecule has 0 saturated carbocycles. The van der Waals surface area contributed by atoms with E-state index in [1.165, 1.54) is 12.1 Å². The predicted molar refractivity (Wildman–Crippen MR) is 126 cm³/mol. The molecular formula is C23H34FN7O. The maximum atomic E-state index is 13.3. The summed E-state index contributed by atoms with van der Waals surface area (Å²) in [6, 6.07) is 8.02. The molecule has 0 spiro atoms. The number of aromatic nitrogens is 2. The van der Waals surface area contributed by atoms with Gasteiger partial charge in [-0.1, -0.05) is 6.07 Å². The van der Waals surface area contributed by atoms with E-state index in [1.807, 2.05) is 19.9 Å². The van der Waals surface area contributed by atoms with Crippen LogP contribution in [0.2, 0.25) is 0 Å². The molecule has 1 unspecified atom stereocenters. The first-order valence-corrected chi connectivity index (χ1v) is 11.3. The number of benzene rings is 1. The summed E-state index contributed by atoms with van der Waals surface area (Å²) >= 11 is 0. The van der Waals surface area contributed by atoms with Crippen LogP contribution in [-0.4, -0.2) is 79.3 Å². The Morgan fingerprint density at radius 2 is 1.94 bits per heavy atom. The lowest BCUT2D eigenvalue weighted by atomic mass is 10.3. The number of rotatable bonds is 10. The van der Waals surface area contributed by atoms with Crippen molar-refractivity contribution in [2.45, 2.75) is 26.4 Å². The molecule has 1 atom stereocenters. The highest BCUT2D eigenvalue weighted by Gasteiger charge is 2.18. The van der Waals surface area contributed by atoms with Crippen LogP contribution >= 0.6 is 0 Å². The van der Waals surface area contributed by atoms with Gasteiger partial charge in [0.2, 0.25) is 5.95 Å². The standard InChI is InChI=1S/C23H34FN7O/c1-3-25-22(29-18-19(2)32-21-8-4-7-20(24)17-21)26-11-6-12-30-13-15-31(16-14-30)23-27-9-5-10-28-23/h4-5,7-10,17,19H,3,6,11-16,18H2,1-2H3,(H2,25,26,29). The van der Waals surface area contributed by atoms with E-state index < -0.39 is 0 Å². The molecule has 1 aromatic heterocycles. The third-order valence-corrected chi connectivity index (χ3v) is 5.13. The van der Waals surface area contributed by atoms with Gasteiger partial charge in [-0.25, -0.2) is 19.4 Å². The van der Waals surface area contributed by atoms with E-state index in [0.717, 1.165) is 64.1 Å². The van der Waals surface area contributed by atoms with E-state index in [1.54, 1.807) is 24.5 Å². The fourth-order valence-corrected chi connectivity index (χ4v) is 3.51. The van der Waals surface area contributed by atoms with Crippen molar-refractivity contribution in [1.82, 2.24) is 25.5 Å². The highest BCUT2D eigenvalue weighted by Crippen LogP contribution is 2.14. The van der Waals surface area contributed by atoms with Crippen molar-refractivity contribution in [3.63, 3.8) is 0 Å². The zero-order chi connectivity index (χ0) is 22.6. The van der Waals surface area contributed by atoms with Crippen molar-refractivity contribution in [3.8, 4) is 5.75 Å².